The highest BCUT2D eigenvalue weighted by Crippen LogP contribution is 2.29. The van der Waals surface area contributed by atoms with Crippen LogP contribution in [0.2, 0.25) is 0 Å². The molecule has 1 aliphatic carbocycles. The van der Waals surface area contributed by atoms with E-state index in [4.69, 9.17) is 4.42 Å². The van der Waals surface area contributed by atoms with Gasteiger partial charge in [-0.15, -0.1) is 0 Å². The van der Waals surface area contributed by atoms with E-state index < -0.39 is 0 Å². The van der Waals surface area contributed by atoms with Gasteiger partial charge in [-0.1, -0.05) is 6.07 Å². The summed E-state index contributed by atoms with van der Waals surface area (Å²) in [6.07, 6.45) is 6.28. The van der Waals surface area contributed by atoms with Crippen LogP contribution in [0.1, 0.15) is 29.9 Å². The van der Waals surface area contributed by atoms with Crippen LogP contribution < -0.4 is 5.32 Å². The van der Waals surface area contributed by atoms with Crippen molar-refractivity contribution in [2.45, 2.75) is 38.5 Å². The number of pyridine rings is 1. The largest absolute Gasteiger partial charge is 0.468 e. The van der Waals surface area contributed by atoms with Gasteiger partial charge < -0.3 is 9.73 Å². The minimum Gasteiger partial charge on any atom is -0.468 e. The molecule has 2 aromatic rings. The van der Waals surface area contributed by atoms with E-state index in [9.17, 15) is 0 Å². The van der Waals surface area contributed by atoms with E-state index in [1.807, 2.05) is 25.4 Å². The Morgan fingerprint density at radius 1 is 1.30 bits per heavy atom. The molecule has 4 nitrogen and oxygen atoms in total. The summed E-state index contributed by atoms with van der Waals surface area (Å²) in [6.45, 7) is 2.63. The van der Waals surface area contributed by atoms with Crippen LogP contribution in [0.4, 0.5) is 0 Å². The third kappa shape index (κ3) is 3.46. The summed E-state index contributed by atoms with van der Waals surface area (Å²) in [5.74, 6) is 1.03. The molecule has 20 heavy (non-hydrogen) atoms. The average molecular weight is 271 g/mol. The van der Waals surface area contributed by atoms with E-state index in [0.717, 1.165) is 31.1 Å². The maximum absolute atomic E-state index is 5.46. The molecule has 0 spiro atoms. The Hall–Kier alpha value is -1.65. The standard InChI is InChI=1S/C16H21N3O/c1-17-9-13-4-5-14(18-10-13)11-19(15-6-7-15)12-16-3-2-8-20-16/h2-5,8,10,15,17H,6-7,9,11-12H2,1H3. The van der Waals surface area contributed by atoms with Gasteiger partial charge in [0, 0.05) is 25.3 Å². The zero-order valence-electron chi connectivity index (χ0n) is 11.9. The van der Waals surface area contributed by atoms with E-state index in [2.05, 4.69) is 27.3 Å². The smallest absolute Gasteiger partial charge is 0.117 e. The average Bonchev–Trinajstić information content (AvgIpc) is 3.19. The van der Waals surface area contributed by atoms with Gasteiger partial charge in [-0.05, 0) is 43.7 Å². The van der Waals surface area contributed by atoms with E-state index in [0.29, 0.717) is 6.04 Å². The molecule has 1 saturated carbocycles. The minimum absolute atomic E-state index is 0.693. The van der Waals surface area contributed by atoms with Gasteiger partial charge in [0.25, 0.3) is 0 Å². The summed E-state index contributed by atoms with van der Waals surface area (Å²) < 4.78 is 5.46. The molecule has 0 atom stereocenters. The Labute approximate surface area is 119 Å². The Bertz CT molecular complexity index is 517. The summed E-state index contributed by atoms with van der Waals surface area (Å²) in [5, 5.41) is 3.14. The summed E-state index contributed by atoms with van der Waals surface area (Å²) in [5.41, 5.74) is 2.35. The molecular formula is C16H21N3O. The quantitative estimate of drug-likeness (QED) is 0.840. The molecule has 0 saturated heterocycles. The van der Waals surface area contributed by atoms with Crippen LogP contribution >= 0.6 is 0 Å². The van der Waals surface area contributed by atoms with Gasteiger partial charge in [0.05, 0.1) is 18.5 Å². The van der Waals surface area contributed by atoms with Gasteiger partial charge in [0.2, 0.25) is 0 Å². The third-order valence-electron chi connectivity index (χ3n) is 3.63. The molecule has 0 radical (unpaired) electrons. The second-order valence-electron chi connectivity index (χ2n) is 5.40. The van der Waals surface area contributed by atoms with Crippen molar-refractivity contribution in [3.63, 3.8) is 0 Å². The number of hydrogen-bond donors (Lipinski definition) is 1. The molecule has 1 fully saturated rings. The number of aromatic nitrogens is 1. The van der Waals surface area contributed by atoms with Crippen molar-refractivity contribution in [1.29, 1.82) is 0 Å². The van der Waals surface area contributed by atoms with Crippen molar-refractivity contribution in [1.82, 2.24) is 15.2 Å². The Morgan fingerprint density at radius 3 is 2.80 bits per heavy atom. The molecule has 1 N–H and O–H groups in total. The van der Waals surface area contributed by atoms with Crippen LogP contribution in [0.5, 0.6) is 0 Å². The molecule has 106 valence electrons. The number of furan rings is 1. The molecule has 0 amide bonds. The normalized spacial score (nSPS) is 14.9. The summed E-state index contributed by atoms with van der Waals surface area (Å²) in [7, 11) is 1.95. The van der Waals surface area contributed by atoms with E-state index in [-0.39, 0.29) is 0 Å². The molecule has 3 rings (SSSR count). The lowest BCUT2D eigenvalue weighted by Crippen LogP contribution is -2.25. The maximum atomic E-state index is 5.46. The lowest BCUT2D eigenvalue weighted by atomic mass is 10.2. The van der Waals surface area contributed by atoms with Crippen molar-refractivity contribution in [3.8, 4) is 0 Å². The molecule has 0 aliphatic heterocycles. The predicted molar refractivity (Wildman–Crippen MR) is 78.0 cm³/mol. The van der Waals surface area contributed by atoms with Crippen LogP contribution in [-0.4, -0.2) is 23.0 Å². The number of rotatable bonds is 7. The number of hydrogen-bond acceptors (Lipinski definition) is 4. The fourth-order valence-corrected chi connectivity index (χ4v) is 2.42. The van der Waals surface area contributed by atoms with E-state index in [1.54, 1.807) is 6.26 Å². The highest BCUT2D eigenvalue weighted by molar-refractivity contribution is 5.14. The summed E-state index contributed by atoms with van der Waals surface area (Å²) >= 11 is 0. The van der Waals surface area contributed by atoms with Crippen molar-refractivity contribution in [2.24, 2.45) is 0 Å². The number of nitrogens with one attached hydrogen (secondary N) is 1. The molecule has 4 heteroatoms. The van der Waals surface area contributed by atoms with Crippen molar-refractivity contribution >= 4 is 0 Å². The Morgan fingerprint density at radius 2 is 2.20 bits per heavy atom. The first-order valence-corrected chi connectivity index (χ1v) is 7.20. The van der Waals surface area contributed by atoms with Gasteiger partial charge >= 0.3 is 0 Å². The molecule has 0 aromatic carbocycles. The van der Waals surface area contributed by atoms with Crippen molar-refractivity contribution < 1.29 is 4.42 Å². The first-order chi connectivity index (χ1) is 9.85. The number of nitrogens with zero attached hydrogens (tertiary/aromatic N) is 2. The van der Waals surface area contributed by atoms with E-state index >= 15 is 0 Å². The molecular weight excluding hydrogens is 250 g/mol. The zero-order valence-corrected chi connectivity index (χ0v) is 11.9. The molecule has 2 aromatic heterocycles. The third-order valence-corrected chi connectivity index (χ3v) is 3.63. The summed E-state index contributed by atoms with van der Waals surface area (Å²) in [4.78, 5) is 7.02. The van der Waals surface area contributed by atoms with Crippen LogP contribution in [0.25, 0.3) is 0 Å². The zero-order chi connectivity index (χ0) is 13.8. The van der Waals surface area contributed by atoms with Crippen molar-refractivity contribution in [2.75, 3.05) is 7.05 Å². The van der Waals surface area contributed by atoms with Gasteiger partial charge in [-0.25, -0.2) is 0 Å². The highest BCUT2D eigenvalue weighted by atomic mass is 16.3. The van der Waals surface area contributed by atoms with Gasteiger partial charge in [-0.3, -0.25) is 9.88 Å². The molecule has 0 bridgehead atoms. The van der Waals surface area contributed by atoms with Crippen molar-refractivity contribution in [3.05, 3.63) is 53.7 Å². The van der Waals surface area contributed by atoms with Gasteiger partial charge in [0.15, 0.2) is 0 Å². The molecule has 2 heterocycles. The van der Waals surface area contributed by atoms with Crippen LogP contribution in [-0.2, 0) is 19.6 Å². The molecule has 0 unspecified atom stereocenters. The topological polar surface area (TPSA) is 41.3 Å². The Balaban J connectivity index is 1.63. The fraction of sp³-hybridized carbons (Fsp3) is 0.438. The van der Waals surface area contributed by atoms with Crippen LogP contribution in [0, 0.1) is 0 Å². The maximum Gasteiger partial charge on any atom is 0.117 e. The van der Waals surface area contributed by atoms with Crippen LogP contribution in [0.3, 0.4) is 0 Å². The van der Waals surface area contributed by atoms with E-state index in [1.165, 1.54) is 18.4 Å². The minimum atomic E-state index is 0.693. The first kappa shape index (κ1) is 13.3. The second-order valence-corrected chi connectivity index (χ2v) is 5.40. The lowest BCUT2D eigenvalue weighted by Gasteiger charge is -2.20. The van der Waals surface area contributed by atoms with Gasteiger partial charge in [0.1, 0.15) is 5.76 Å². The van der Waals surface area contributed by atoms with Crippen LogP contribution in [0.15, 0.2) is 41.1 Å². The second kappa shape index (κ2) is 6.20. The lowest BCUT2D eigenvalue weighted by molar-refractivity contribution is 0.222. The molecule has 1 aliphatic rings. The SMILES string of the molecule is CNCc1ccc(CN(Cc2ccco2)C2CC2)nc1. The fourth-order valence-electron chi connectivity index (χ4n) is 2.42. The summed E-state index contributed by atoms with van der Waals surface area (Å²) in [6, 6.07) is 8.96. The highest BCUT2D eigenvalue weighted by Gasteiger charge is 2.29. The predicted octanol–water partition coefficient (Wildman–Crippen LogP) is 2.56. The van der Waals surface area contributed by atoms with Gasteiger partial charge in [-0.2, -0.15) is 0 Å². The Kier molecular flexibility index (Phi) is 4.14. The first-order valence-electron chi connectivity index (χ1n) is 7.20. The monoisotopic (exact) mass is 271 g/mol.